The van der Waals surface area contributed by atoms with E-state index in [1.807, 2.05) is 0 Å². The molecule has 0 aliphatic heterocycles. The number of halogens is 1. The molecule has 1 heterocycles. The third-order valence-corrected chi connectivity index (χ3v) is 2.03. The van der Waals surface area contributed by atoms with Gasteiger partial charge in [0.05, 0.1) is 10.9 Å². The maximum absolute atomic E-state index is 10.7. The van der Waals surface area contributed by atoms with E-state index in [9.17, 15) is 9.90 Å². The Morgan fingerprint density at radius 1 is 1.50 bits per heavy atom. The summed E-state index contributed by atoms with van der Waals surface area (Å²) in [5, 5.41) is 24.7. The van der Waals surface area contributed by atoms with Crippen LogP contribution in [0.2, 0.25) is 5.02 Å². The Kier molecular flexibility index (Phi) is 1.82. The van der Waals surface area contributed by atoms with Gasteiger partial charge in [-0.05, 0) is 12.1 Å². The summed E-state index contributed by atoms with van der Waals surface area (Å²) in [7, 11) is 0. The molecule has 5 nitrogen and oxygen atoms in total. The van der Waals surface area contributed by atoms with E-state index in [0.717, 1.165) is 0 Å². The van der Waals surface area contributed by atoms with Crippen molar-refractivity contribution < 1.29 is 15.0 Å². The van der Waals surface area contributed by atoms with Crippen molar-refractivity contribution in [2.45, 2.75) is 0 Å². The largest absolute Gasteiger partial charge is 0.507 e. The van der Waals surface area contributed by atoms with E-state index in [4.69, 9.17) is 16.7 Å². The molecule has 0 atom stereocenters. The summed E-state index contributed by atoms with van der Waals surface area (Å²) in [6, 6.07) is 2.77. The van der Waals surface area contributed by atoms with Crippen LogP contribution in [0.25, 0.3) is 10.9 Å². The molecule has 0 unspecified atom stereocenters. The number of fused-ring (bicyclic) bond motifs is 1. The SMILES string of the molecule is O=C(O)c1n[nH]c2cc(Cl)cc(O)c12. The molecule has 0 spiro atoms. The van der Waals surface area contributed by atoms with Crippen LogP contribution in [0.15, 0.2) is 12.1 Å². The van der Waals surface area contributed by atoms with Crippen LogP contribution in [0, 0.1) is 0 Å². The molecular formula is C8H5ClN2O3. The number of hydrogen-bond donors (Lipinski definition) is 3. The number of aromatic carboxylic acids is 1. The van der Waals surface area contributed by atoms with Crippen LogP contribution in [-0.4, -0.2) is 26.4 Å². The molecule has 0 saturated carbocycles. The number of H-pyrrole nitrogens is 1. The van der Waals surface area contributed by atoms with Crippen molar-refractivity contribution in [2.75, 3.05) is 0 Å². The molecule has 14 heavy (non-hydrogen) atoms. The number of carboxylic acids is 1. The Bertz CT molecular complexity index is 521. The number of phenols is 1. The van der Waals surface area contributed by atoms with Crippen LogP contribution < -0.4 is 0 Å². The third kappa shape index (κ3) is 1.18. The minimum atomic E-state index is -1.20. The molecule has 6 heteroatoms. The highest BCUT2D eigenvalue weighted by molar-refractivity contribution is 6.31. The first kappa shape index (κ1) is 8.83. The fraction of sp³-hybridized carbons (Fsp3) is 0. The Morgan fingerprint density at radius 2 is 2.21 bits per heavy atom. The molecule has 0 bridgehead atoms. The molecule has 0 aliphatic carbocycles. The fourth-order valence-electron chi connectivity index (χ4n) is 1.26. The highest BCUT2D eigenvalue weighted by atomic mass is 35.5. The zero-order chi connectivity index (χ0) is 10.3. The average molecular weight is 213 g/mol. The second-order valence-electron chi connectivity index (χ2n) is 2.72. The first-order valence-electron chi connectivity index (χ1n) is 3.69. The maximum atomic E-state index is 10.7. The molecular weight excluding hydrogens is 208 g/mol. The van der Waals surface area contributed by atoms with Crippen molar-refractivity contribution in [3.8, 4) is 5.75 Å². The van der Waals surface area contributed by atoms with E-state index in [1.54, 1.807) is 0 Å². The van der Waals surface area contributed by atoms with Crippen molar-refractivity contribution in [3.63, 3.8) is 0 Å². The summed E-state index contributed by atoms with van der Waals surface area (Å²) < 4.78 is 0. The van der Waals surface area contributed by atoms with Crippen molar-refractivity contribution >= 4 is 28.5 Å². The van der Waals surface area contributed by atoms with Gasteiger partial charge < -0.3 is 10.2 Å². The number of aromatic amines is 1. The first-order valence-corrected chi connectivity index (χ1v) is 4.07. The smallest absolute Gasteiger partial charge is 0.357 e. The van der Waals surface area contributed by atoms with E-state index in [2.05, 4.69) is 10.2 Å². The van der Waals surface area contributed by atoms with Gasteiger partial charge in [-0.15, -0.1) is 0 Å². The molecule has 0 fully saturated rings. The number of nitrogens with one attached hydrogen (secondary N) is 1. The molecule has 72 valence electrons. The molecule has 0 radical (unpaired) electrons. The van der Waals surface area contributed by atoms with E-state index < -0.39 is 5.97 Å². The number of carbonyl (C=O) groups is 1. The lowest BCUT2D eigenvalue weighted by Crippen LogP contribution is -1.96. The lowest BCUT2D eigenvalue weighted by atomic mass is 10.2. The standard InChI is InChI=1S/C8H5ClN2O3/c9-3-1-4-6(5(12)2-3)7(8(13)14)11-10-4/h1-2,12H,(H,10,11)(H,13,14). The van der Waals surface area contributed by atoms with Crippen LogP contribution >= 0.6 is 11.6 Å². The number of aromatic nitrogens is 2. The minimum Gasteiger partial charge on any atom is -0.507 e. The van der Waals surface area contributed by atoms with Crippen LogP contribution in [0.1, 0.15) is 10.5 Å². The highest BCUT2D eigenvalue weighted by Gasteiger charge is 2.16. The number of benzene rings is 1. The summed E-state index contributed by atoms with van der Waals surface area (Å²) >= 11 is 5.66. The number of hydrogen-bond acceptors (Lipinski definition) is 3. The number of rotatable bonds is 1. The van der Waals surface area contributed by atoms with Crippen molar-refractivity contribution in [2.24, 2.45) is 0 Å². The predicted octanol–water partition coefficient (Wildman–Crippen LogP) is 1.62. The van der Waals surface area contributed by atoms with Gasteiger partial charge in [0, 0.05) is 5.02 Å². The van der Waals surface area contributed by atoms with E-state index in [-0.39, 0.29) is 16.8 Å². The van der Waals surface area contributed by atoms with Gasteiger partial charge in [-0.2, -0.15) is 5.10 Å². The van der Waals surface area contributed by atoms with Gasteiger partial charge in [0.2, 0.25) is 0 Å². The second-order valence-corrected chi connectivity index (χ2v) is 3.16. The molecule has 1 aromatic carbocycles. The van der Waals surface area contributed by atoms with Gasteiger partial charge in [-0.1, -0.05) is 11.6 Å². The zero-order valence-electron chi connectivity index (χ0n) is 6.78. The van der Waals surface area contributed by atoms with E-state index in [0.29, 0.717) is 10.5 Å². The monoisotopic (exact) mass is 212 g/mol. The van der Waals surface area contributed by atoms with Crippen molar-refractivity contribution in [1.29, 1.82) is 0 Å². The quantitative estimate of drug-likeness (QED) is 0.671. The summed E-state index contributed by atoms with van der Waals surface area (Å²) in [5.41, 5.74) is 0.182. The second kappa shape index (κ2) is 2.88. The van der Waals surface area contributed by atoms with Crippen LogP contribution in [0.5, 0.6) is 5.75 Å². The molecule has 0 amide bonds. The topological polar surface area (TPSA) is 86.2 Å². The fourth-order valence-corrected chi connectivity index (χ4v) is 1.47. The van der Waals surface area contributed by atoms with E-state index >= 15 is 0 Å². The molecule has 1 aromatic heterocycles. The summed E-state index contributed by atoms with van der Waals surface area (Å²) in [4.78, 5) is 10.7. The highest BCUT2D eigenvalue weighted by Crippen LogP contribution is 2.29. The first-order chi connectivity index (χ1) is 6.59. The Labute approximate surface area is 82.9 Å². The predicted molar refractivity (Wildman–Crippen MR) is 49.7 cm³/mol. The van der Waals surface area contributed by atoms with Crippen LogP contribution in [0.4, 0.5) is 0 Å². The van der Waals surface area contributed by atoms with E-state index in [1.165, 1.54) is 12.1 Å². The number of aromatic hydroxyl groups is 1. The van der Waals surface area contributed by atoms with Gasteiger partial charge in [-0.3, -0.25) is 5.10 Å². The average Bonchev–Trinajstić information content (AvgIpc) is 2.47. The van der Waals surface area contributed by atoms with Gasteiger partial charge in [0.1, 0.15) is 5.75 Å². The lowest BCUT2D eigenvalue weighted by molar-refractivity contribution is 0.0692. The van der Waals surface area contributed by atoms with Gasteiger partial charge >= 0.3 is 5.97 Å². The number of carboxylic acid groups (broad SMARTS) is 1. The Balaban J connectivity index is 2.85. The van der Waals surface area contributed by atoms with Gasteiger partial charge in [0.25, 0.3) is 0 Å². The minimum absolute atomic E-state index is 0.168. The Hall–Kier alpha value is -1.75. The normalized spacial score (nSPS) is 10.6. The van der Waals surface area contributed by atoms with Crippen LogP contribution in [-0.2, 0) is 0 Å². The summed E-state index contributed by atoms with van der Waals surface area (Å²) in [5.74, 6) is -1.40. The summed E-state index contributed by atoms with van der Waals surface area (Å²) in [6.07, 6.45) is 0. The van der Waals surface area contributed by atoms with Crippen molar-refractivity contribution in [1.82, 2.24) is 10.2 Å². The molecule has 0 saturated heterocycles. The molecule has 0 aliphatic rings. The Morgan fingerprint density at radius 3 is 2.86 bits per heavy atom. The summed E-state index contributed by atoms with van der Waals surface area (Å²) in [6.45, 7) is 0. The van der Waals surface area contributed by atoms with Gasteiger partial charge in [-0.25, -0.2) is 4.79 Å². The van der Waals surface area contributed by atoms with Crippen molar-refractivity contribution in [3.05, 3.63) is 22.8 Å². The molecule has 2 aromatic rings. The van der Waals surface area contributed by atoms with Gasteiger partial charge in [0.15, 0.2) is 5.69 Å². The molecule has 3 N–H and O–H groups in total. The number of phenolic OH excluding ortho intramolecular Hbond substituents is 1. The van der Waals surface area contributed by atoms with Crippen LogP contribution in [0.3, 0.4) is 0 Å². The zero-order valence-corrected chi connectivity index (χ0v) is 7.54. The third-order valence-electron chi connectivity index (χ3n) is 1.81. The maximum Gasteiger partial charge on any atom is 0.357 e. The lowest BCUT2D eigenvalue weighted by Gasteiger charge is -1.96. The number of nitrogens with zero attached hydrogens (tertiary/aromatic N) is 1. The molecule has 2 rings (SSSR count).